The summed E-state index contributed by atoms with van der Waals surface area (Å²) < 4.78 is 31.4. The van der Waals surface area contributed by atoms with E-state index in [4.69, 9.17) is 15.3 Å². The Hall–Kier alpha value is -3.18. The Labute approximate surface area is 126 Å². The number of halogens is 2. The molecule has 0 saturated heterocycles. The molecule has 0 aromatic heterocycles. The van der Waals surface area contributed by atoms with Crippen LogP contribution in [0.15, 0.2) is 48.0 Å². The van der Waals surface area contributed by atoms with Crippen molar-refractivity contribution in [2.24, 2.45) is 0 Å². The van der Waals surface area contributed by atoms with Crippen molar-refractivity contribution in [2.75, 3.05) is 0 Å². The van der Waals surface area contributed by atoms with Gasteiger partial charge in [-0.3, -0.25) is 0 Å². The van der Waals surface area contributed by atoms with Gasteiger partial charge >= 0.3 is 0 Å². The first kappa shape index (κ1) is 15.2. The second-order valence-corrected chi connectivity index (χ2v) is 4.35. The quantitative estimate of drug-likeness (QED) is 0.802. The number of nitrogens with zero attached hydrogens (tertiary/aromatic N) is 2. The maximum Gasteiger partial charge on any atom is 0.162 e. The SMILES string of the molecule is N#CC(C#N)=Cc1ccccc1COc1ccc(F)c(F)c1. The summed E-state index contributed by atoms with van der Waals surface area (Å²) in [4.78, 5) is 0. The third-order valence-corrected chi connectivity index (χ3v) is 2.88. The van der Waals surface area contributed by atoms with Gasteiger partial charge in [-0.25, -0.2) is 8.78 Å². The van der Waals surface area contributed by atoms with Crippen molar-refractivity contribution in [1.29, 1.82) is 10.5 Å². The van der Waals surface area contributed by atoms with E-state index in [-0.39, 0.29) is 17.9 Å². The van der Waals surface area contributed by atoms with Crippen LogP contribution in [0.5, 0.6) is 5.75 Å². The van der Waals surface area contributed by atoms with Gasteiger partial charge in [0.25, 0.3) is 0 Å². The molecule has 0 atom stereocenters. The van der Waals surface area contributed by atoms with E-state index >= 15 is 0 Å². The van der Waals surface area contributed by atoms with Crippen LogP contribution in [-0.2, 0) is 6.61 Å². The Kier molecular flexibility index (Phi) is 4.85. The fraction of sp³-hybridized carbons (Fsp3) is 0.0588. The van der Waals surface area contributed by atoms with Gasteiger partial charge in [0.1, 0.15) is 30.1 Å². The fourth-order valence-electron chi connectivity index (χ4n) is 1.78. The molecule has 3 nitrogen and oxygen atoms in total. The van der Waals surface area contributed by atoms with Crippen LogP contribution in [0.1, 0.15) is 11.1 Å². The van der Waals surface area contributed by atoms with Gasteiger partial charge < -0.3 is 4.74 Å². The molecule has 5 heteroatoms. The smallest absolute Gasteiger partial charge is 0.162 e. The highest BCUT2D eigenvalue weighted by Crippen LogP contribution is 2.19. The van der Waals surface area contributed by atoms with Crippen LogP contribution in [0.25, 0.3) is 6.08 Å². The Morgan fingerprint density at radius 1 is 1.05 bits per heavy atom. The lowest BCUT2D eigenvalue weighted by molar-refractivity contribution is 0.303. The van der Waals surface area contributed by atoms with Crippen LogP contribution in [-0.4, -0.2) is 0 Å². The van der Waals surface area contributed by atoms with E-state index in [1.54, 1.807) is 36.4 Å². The molecule has 0 aliphatic heterocycles. The number of allylic oxidation sites excluding steroid dienone is 1. The second kappa shape index (κ2) is 7.01. The van der Waals surface area contributed by atoms with Crippen molar-refractivity contribution in [1.82, 2.24) is 0 Å². The predicted octanol–water partition coefficient (Wildman–Crippen LogP) is 3.97. The van der Waals surface area contributed by atoms with Crippen LogP contribution in [0.4, 0.5) is 8.78 Å². The third kappa shape index (κ3) is 3.68. The highest BCUT2D eigenvalue weighted by Gasteiger charge is 2.06. The summed E-state index contributed by atoms with van der Waals surface area (Å²) in [5, 5.41) is 17.6. The molecule has 0 heterocycles. The maximum atomic E-state index is 13.1. The summed E-state index contributed by atoms with van der Waals surface area (Å²) in [6.45, 7) is 0.0991. The number of hydrogen-bond donors (Lipinski definition) is 0. The van der Waals surface area contributed by atoms with Crippen LogP contribution in [0.2, 0.25) is 0 Å². The molecule has 0 unspecified atom stereocenters. The molecule has 22 heavy (non-hydrogen) atoms. The standard InChI is InChI=1S/C17H10F2N2O/c18-16-6-5-15(8-17(16)19)22-11-14-4-2-1-3-13(14)7-12(9-20)10-21/h1-8H,11H2. The normalized spacial score (nSPS) is 9.45. The average molecular weight is 296 g/mol. The number of nitriles is 2. The van der Waals surface area contributed by atoms with Crippen molar-refractivity contribution in [3.05, 3.63) is 70.8 Å². The Bertz CT molecular complexity index is 785. The van der Waals surface area contributed by atoms with Gasteiger partial charge in [-0.2, -0.15) is 10.5 Å². The molecule has 0 aliphatic rings. The maximum absolute atomic E-state index is 13.1. The molecule has 0 radical (unpaired) electrons. The second-order valence-electron chi connectivity index (χ2n) is 4.35. The minimum atomic E-state index is -0.984. The fourth-order valence-corrected chi connectivity index (χ4v) is 1.78. The van der Waals surface area contributed by atoms with E-state index in [0.29, 0.717) is 5.56 Å². The summed E-state index contributed by atoms with van der Waals surface area (Å²) in [5.74, 6) is -1.73. The van der Waals surface area contributed by atoms with Gasteiger partial charge in [-0.1, -0.05) is 24.3 Å². The van der Waals surface area contributed by atoms with Crippen LogP contribution in [0, 0.1) is 34.3 Å². The zero-order valence-electron chi connectivity index (χ0n) is 11.4. The minimum absolute atomic E-state index is 0.0275. The molecular formula is C17H10F2N2O. The largest absolute Gasteiger partial charge is 0.489 e. The summed E-state index contributed by atoms with van der Waals surface area (Å²) in [7, 11) is 0. The van der Waals surface area contributed by atoms with Gasteiger partial charge in [0, 0.05) is 6.07 Å². The molecule has 2 aromatic carbocycles. The van der Waals surface area contributed by atoms with Crippen LogP contribution in [0.3, 0.4) is 0 Å². The molecule has 0 aliphatic carbocycles. The Balaban J connectivity index is 2.20. The molecule has 0 fully saturated rings. The van der Waals surface area contributed by atoms with Gasteiger partial charge in [0.2, 0.25) is 0 Å². The predicted molar refractivity (Wildman–Crippen MR) is 76.3 cm³/mol. The van der Waals surface area contributed by atoms with Crippen molar-refractivity contribution in [2.45, 2.75) is 6.61 Å². The van der Waals surface area contributed by atoms with E-state index in [0.717, 1.165) is 17.7 Å². The van der Waals surface area contributed by atoms with Gasteiger partial charge in [-0.05, 0) is 29.3 Å². The van der Waals surface area contributed by atoms with Crippen molar-refractivity contribution in [3.63, 3.8) is 0 Å². The summed E-state index contributed by atoms with van der Waals surface area (Å²) >= 11 is 0. The number of ether oxygens (including phenoxy) is 1. The van der Waals surface area contributed by atoms with Crippen LogP contribution < -0.4 is 4.74 Å². The monoisotopic (exact) mass is 296 g/mol. The first-order valence-corrected chi connectivity index (χ1v) is 6.31. The molecule has 0 amide bonds. The van der Waals surface area contributed by atoms with E-state index in [1.807, 2.05) is 0 Å². The molecule has 0 bridgehead atoms. The zero-order chi connectivity index (χ0) is 15.9. The lowest BCUT2D eigenvalue weighted by Crippen LogP contribution is -1.99. The Morgan fingerprint density at radius 2 is 1.77 bits per heavy atom. The highest BCUT2D eigenvalue weighted by molar-refractivity contribution is 5.64. The van der Waals surface area contributed by atoms with Crippen molar-refractivity contribution < 1.29 is 13.5 Å². The topological polar surface area (TPSA) is 56.8 Å². The molecule has 2 aromatic rings. The molecule has 0 saturated carbocycles. The molecule has 0 spiro atoms. The number of benzene rings is 2. The number of hydrogen-bond acceptors (Lipinski definition) is 3. The molecule has 0 N–H and O–H groups in total. The first-order chi connectivity index (χ1) is 10.6. The minimum Gasteiger partial charge on any atom is -0.489 e. The summed E-state index contributed by atoms with van der Waals surface area (Å²) in [6.07, 6.45) is 1.45. The first-order valence-electron chi connectivity index (χ1n) is 6.31. The highest BCUT2D eigenvalue weighted by atomic mass is 19.2. The van der Waals surface area contributed by atoms with E-state index in [9.17, 15) is 8.78 Å². The van der Waals surface area contributed by atoms with Crippen LogP contribution >= 0.6 is 0 Å². The van der Waals surface area contributed by atoms with Gasteiger partial charge in [-0.15, -0.1) is 0 Å². The lowest BCUT2D eigenvalue weighted by Gasteiger charge is -2.09. The molecule has 108 valence electrons. The third-order valence-electron chi connectivity index (χ3n) is 2.88. The molecular weight excluding hydrogens is 286 g/mol. The Morgan fingerprint density at radius 3 is 2.45 bits per heavy atom. The van der Waals surface area contributed by atoms with Gasteiger partial charge in [0.05, 0.1) is 0 Å². The zero-order valence-corrected chi connectivity index (χ0v) is 11.4. The van der Waals surface area contributed by atoms with Gasteiger partial charge in [0.15, 0.2) is 11.6 Å². The molecule has 2 rings (SSSR count). The number of rotatable bonds is 4. The lowest BCUT2D eigenvalue weighted by atomic mass is 10.1. The van der Waals surface area contributed by atoms with E-state index in [1.165, 1.54) is 12.1 Å². The van der Waals surface area contributed by atoms with E-state index in [2.05, 4.69) is 0 Å². The van der Waals surface area contributed by atoms with E-state index < -0.39 is 11.6 Å². The van der Waals surface area contributed by atoms with Crippen molar-refractivity contribution >= 4 is 6.08 Å². The average Bonchev–Trinajstić information content (AvgIpc) is 2.54. The summed E-state index contributed by atoms with van der Waals surface area (Å²) in [5.41, 5.74) is 1.35. The van der Waals surface area contributed by atoms with Crippen molar-refractivity contribution in [3.8, 4) is 17.9 Å². The summed E-state index contributed by atoms with van der Waals surface area (Å²) in [6, 6.07) is 13.9.